The Morgan fingerprint density at radius 2 is 2.06 bits per heavy atom. The summed E-state index contributed by atoms with van der Waals surface area (Å²) in [5.74, 6) is 0. The van der Waals surface area contributed by atoms with Crippen molar-refractivity contribution in [3.63, 3.8) is 0 Å². The molecule has 0 aromatic rings. The second-order valence-corrected chi connectivity index (χ2v) is 6.18. The Kier molecular flexibility index (Phi) is 4.38. The molecule has 0 aliphatic carbocycles. The average molecular weight is 229 g/mol. The van der Waals surface area contributed by atoms with Crippen LogP contribution in [0, 0.1) is 0 Å². The molecule has 0 bridgehead atoms. The van der Waals surface area contributed by atoms with Gasteiger partial charge in [-0.3, -0.25) is 4.90 Å². The maximum Gasteiger partial charge on any atom is 0.0718 e. The monoisotopic (exact) mass is 229 g/mol. The molecule has 3 heteroatoms. The first-order valence-corrected chi connectivity index (χ1v) is 6.34. The summed E-state index contributed by atoms with van der Waals surface area (Å²) in [6.45, 7) is 12.8. The van der Waals surface area contributed by atoms with Crippen LogP contribution in [-0.4, -0.2) is 46.9 Å². The maximum atomic E-state index is 9.81. The van der Waals surface area contributed by atoms with Gasteiger partial charge >= 0.3 is 0 Å². The van der Waals surface area contributed by atoms with E-state index in [0.29, 0.717) is 12.6 Å². The van der Waals surface area contributed by atoms with Gasteiger partial charge in [0.25, 0.3) is 0 Å². The summed E-state index contributed by atoms with van der Waals surface area (Å²) in [5, 5.41) is 9.81. The topological polar surface area (TPSA) is 32.7 Å². The molecule has 1 fully saturated rings. The van der Waals surface area contributed by atoms with Crippen molar-refractivity contribution < 1.29 is 9.84 Å². The number of hydrogen-bond donors (Lipinski definition) is 1. The molecule has 1 rings (SSSR count). The molecule has 3 nitrogen and oxygen atoms in total. The number of aliphatic hydroxyl groups is 1. The highest BCUT2D eigenvalue weighted by atomic mass is 16.5. The van der Waals surface area contributed by atoms with E-state index in [0.717, 1.165) is 25.9 Å². The van der Waals surface area contributed by atoms with Crippen LogP contribution < -0.4 is 0 Å². The van der Waals surface area contributed by atoms with Crippen LogP contribution in [0.5, 0.6) is 0 Å². The van der Waals surface area contributed by atoms with Gasteiger partial charge in [-0.1, -0.05) is 6.92 Å². The lowest BCUT2D eigenvalue weighted by atomic mass is 10.1. The van der Waals surface area contributed by atoms with E-state index in [2.05, 4.69) is 25.7 Å². The molecule has 1 atom stereocenters. The van der Waals surface area contributed by atoms with Crippen molar-refractivity contribution in [1.29, 1.82) is 0 Å². The second kappa shape index (κ2) is 5.03. The molecule has 1 aliphatic heterocycles. The van der Waals surface area contributed by atoms with Crippen molar-refractivity contribution in [2.75, 3.05) is 19.6 Å². The predicted octanol–water partition coefficient (Wildman–Crippen LogP) is 2.04. The van der Waals surface area contributed by atoms with Gasteiger partial charge in [-0.2, -0.15) is 0 Å². The summed E-state index contributed by atoms with van der Waals surface area (Å²) in [4.78, 5) is 2.27. The Morgan fingerprint density at radius 3 is 2.44 bits per heavy atom. The Hall–Kier alpha value is -0.120. The molecule has 0 aromatic heterocycles. The molecular weight excluding hydrogens is 202 g/mol. The lowest BCUT2D eigenvalue weighted by molar-refractivity contribution is -0.0388. The van der Waals surface area contributed by atoms with Gasteiger partial charge in [0, 0.05) is 13.1 Å². The third kappa shape index (κ3) is 4.81. The van der Waals surface area contributed by atoms with Gasteiger partial charge < -0.3 is 9.84 Å². The molecule has 1 saturated heterocycles. The van der Waals surface area contributed by atoms with E-state index in [-0.39, 0.29) is 5.60 Å². The van der Waals surface area contributed by atoms with Crippen molar-refractivity contribution >= 4 is 0 Å². The van der Waals surface area contributed by atoms with E-state index in [9.17, 15) is 5.11 Å². The molecule has 0 spiro atoms. The molecule has 96 valence electrons. The fraction of sp³-hybridized carbons (Fsp3) is 1.00. The SMILES string of the molecule is CCN(CC1CCC(C)(C)O1)CC(C)(C)O. The molecule has 1 heterocycles. The van der Waals surface area contributed by atoms with Gasteiger partial charge in [0.1, 0.15) is 0 Å². The predicted molar refractivity (Wildman–Crippen MR) is 66.6 cm³/mol. The Balaban J connectivity index is 2.40. The minimum Gasteiger partial charge on any atom is -0.389 e. The van der Waals surface area contributed by atoms with E-state index in [4.69, 9.17) is 4.74 Å². The largest absolute Gasteiger partial charge is 0.389 e. The van der Waals surface area contributed by atoms with Crippen LogP contribution in [-0.2, 0) is 4.74 Å². The van der Waals surface area contributed by atoms with Crippen LogP contribution in [0.3, 0.4) is 0 Å². The quantitative estimate of drug-likeness (QED) is 0.783. The molecule has 1 unspecified atom stereocenters. The third-order valence-corrected chi connectivity index (χ3v) is 3.07. The summed E-state index contributed by atoms with van der Waals surface area (Å²) in [6, 6.07) is 0. The summed E-state index contributed by atoms with van der Waals surface area (Å²) >= 11 is 0. The van der Waals surface area contributed by atoms with E-state index in [1.165, 1.54) is 0 Å². The summed E-state index contributed by atoms with van der Waals surface area (Å²) in [5.41, 5.74) is -0.580. The lowest BCUT2D eigenvalue weighted by Crippen LogP contribution is -2.42. The highest BCUT2D eigenvalue weighted by Crippen LogP contribution is 2.29. The van der Waals surface area contributed by atoms with Gasteiger partial charge in [-0.25, -0.2) is 0 Å². The number of hydrogen-bond acceptors (Lipinski definition) is 3. The minimum absolute atomic E-state index is 0.0405. The second-order valence-electron chi connectivity index (χ2n) is 6.18. The standard InChI is InChI=1S/C13H27NO2/c1-6-14(10-12(2,3)15)9-11-7-8-13(4,5)16-11/h11,15H,6-10H2,1-5H3. The molecule has 0 amide bonds. The third-order valence-electron chi connectivity index (χ3n) is 3.07. The van der Waals surface area contributed by atoms with Crippen molar-refractivity contribution in [2.24, 2.45) is 0 Å². The van der Waals surface area contributed by atoms with Crippen LogP contribution >= 0.6 is 0 Å². The molecule has 1 aliphatic rings. The molecular formula is C13H27NO2. The van der Waals surface area contributed by atoms with Crippen LogP contribution in [0.2, 0.25) is 0 Å². The maximum absolute atomic E-state index is 9.81. The normalized spacial score (nSPS) is 25.3. The molecule has 0 saturated carbocycles. The van der Waals surface area contributed by atoms with E-state index in [1.54, 1.807) is 0 Å². The lowest BCUT2D eigenvalue weighted by Gasteiger charge is -2.30. The van der Waals surface area contributed by atoms with Gasteiger partial charge in [-0.15, -0.1) is 0 Å². The Morgan fingerprint density at radius 1 is 1.44 bits per heavy atom. The molecule has 16 heavy (non-hydrogen) atoms. The van der Waals surface area contributed by atoms with Crippen molar-refractivity contribution in [3.8, 4) is 0 Å². The first kappa shape index (κ1) is 13.9. The van der Waals surface area contributed by atoms with Crippen molar-refractivity contribution in [2.45, 2.75) is 64.8 Å². The van der Waals surface area contributed by atoms with Crippen LogP contribution in [0.1, 0.15) is 47.5 Å². The smallest absolute Gasteiger partial charge is 0.0718 e. The molecule has 1 N–H and O–H groups in total. The zero-order valence-electron chi connectivity index (χ0n) is 11.4. The number of rotatable bonds is 5. The fourth-order valence-corrected chi connectivity index (χ4v) is 2.35. The van der Waals surface area contributed by atoms with Crippen molar-refractivity contribution in [3.05, 3.63) is 0 Å². The van der Waals surface area contributed by atoms with E-state index < -0.39 is 5.60 Å². The highest BCUT2D eigenvalue weighted by molar-refractivity contribution is 4.83. The fourth-order valence-electron chi connectivity index (χ4n) is 2.35. The van der Waals surface area contributed by atoms with E-state index in [1.807, 2.05) is 13.8 Å². The van der Waals surface area contributed by atoms with Gasteiger partial charge in [0.15, 0.2) is 0 Å². The van der Waals surface area contributed by atoms with Gasteiger partial charge in [0.05, 0.1) is 17.3 Å². The number of ether oxygens (including phenoxy) is 1. The zero-order valence-corrected chi connectivity index (χ0v) is 11.4. The first-order valence-electron chi connectivity index (χ1n) is 6.34. The minimum atomic E-state index is -0.621. The molecule has 0 aromatic carbocycles. The van der Waals surface area contributed by atoms with Crippen LogP contribution in [0.4, 0.5) is 0 Å². The zero-order chi connectivity index (χ0) is 12.4. The molecule has 0 radical (unpaired) electrons. The number of nitrogens with zero attached hydrogens (tertiary/aromatic N) is 1. The van der Waals surface area contributed by atoms with Gasteiger partial charge in [-0.05, 0) is 47.1 Å². The Labute approximate surface area is 99.8 Å². The average Bonchev–Trinajstić information content (AvgIpc) is 2.42. The first-order chi connectivity index (χ1) is 7.22. The van der Waals surface area contributed by atoms with E-state index >= 15 is 0 Å². The Bertz CT molecular complexity index is 220. The highest BCUT2D eigenvalue weighted by Gasteiger charge is 2.32. The van der Waals surface area contributed by atoms with Crippen molar-refractivity contribution in [1.82, 2.24) is 4.90 Å². The summed E-state index contributed by atoms with van der Waals surface area (Å²) in [7, 11) is 0. The van der Waals surface area contributed by atoms with Crippen LogP contribution in [0.15, 0.2) is 0 Å². The van der Waals surface area contributed by atoms with Gasteiger partial charge in [0.2, 0.25) is 0 Å². The van der Waals surface area contributed by atoms with Crippen LogP contribution in [0.25, 0.3) is 0 Å². The number of likely N-dealkylation sites (N-methyl/N-ethyl adjacent to an activating group) is 1. The summed E-state index contributed by atoms with van der Waals surface area (Å²) < 4.78 is 5.97. The summed E-state index contributed by atoms with van der Waals surface area (Å²) in [6.07, 6.45) is 2.60.